The molecule has 0 atom stereocenters. The van der Waals surface area contributed by atoms with Gasteiger partial charge < -0.3 is 14.4 Å². The van der Waals surface area contributed by atoms with Crippen LogP contribution in [0, 0.1) is 11.3 Å². The zero-order valence-corrected chi connectivity index (χ0v) is 11.2. The summed E-state index contributed by atoms with van der Waals surface area (Å²) in [7, 11) is 1.57. The lowest BCUT2D eigenvalue weighted by atomic mass is 10.1. The standard InChI is InChI=1S/C15H12N2O4/c1-17(9-11-4-2-3-10(7-11)8-16)14(18)12-5-6-13(21-12)15(19)20/h2-7H,9H2,1H3,(H,19,20). The molecule has 0 saturated carbocycles. The number of carboxylic acids is 1. The van der Waals surface area contributed by atoms with Crippen molar-refractivity contribution in [2.45, 2.75) is 6.54 Å². The number of nitrogens with zero attached hydrogens (tertiary/aromatic N) is 2. The summed E-state index contributed by atoms with van der Waals surface area (Å²) in [6.45, 7) is 0.289. The zero-order chi connectivity index (χ0) is 15.4. The van der Waals surface area contributed by atoms with Gasteiger partial charge in [-0.25, -0.2) is 4.79 Å². The molecule has 1 aromatic heterocycles. The lowest BCUT2D eigenvalue weighted by Gasteiger charge is -2.15. The number of aromatic carboxylic acids is 1. The lowest BCUT2D eigenvalue weighted by molar-refractivity contribution is 0.0653. The zero-order valence-electron chi connectivity index (χ0n) is 11.2. The van der Waals surface area contributed by atoms with Gasteiger partial charge in [-0.15, -0.1) is 0 Å². The van der Waals surface area contributed by atoms with Crippen LogP contribution in [-0.2, 0) is 6.54 Å². The number of furan rings is 1. The Kier molecular flexibility index (Phi) is 4.05. The number of benzene rings is 1. The van der Waals surface area contributed by atoms with E-state index in [1.54, 1.807) is 31.3 Å². The highest BCUT2D eigenvalue weighted by Gasteiger charge is 2.18. The van der Waals surface area contributed by atoms with Gasteiger partial charge >= 0.3 is 5.97 Å². The Morgan fingerprint density at radius 2 is 2.00 bits per heavy atom. The topological polar surface area (TPSA) is 94.5 Å². The molecular formula is C15H12N2O4. The maximum absolute atomic E-state index is 12.1. The van der Waals surface area contributed by atoms with Crippen LogP contribution >= 0.6 is 0 Å². The van der Waals surface area contributed by atoms with Gasteiger partial charge in [0.1, 0.15) is 0 Å². The van der Waals surface area contributed by atoms with Crippen molar-refractivity contribution in [3.05, 3.63) is 59.0 Å². The number of rotatable bonds is 4. The summed E-state index contributed by atoms with van der Waals surface area (Å²) in [4.78, 5) is 24.2. The predicted octanol–water partition coefficient (Wildman–Crippen LogP) is 2.12. The molecule has 1 N–H and O–H groups in total. The SMILES string of the molecule is CN(Cc1cccc(C#N)c1)C(=O)c1ccc(C(=O)O)o1. The minimum absolute atomic E-state index is 0.0358. The summed E-state index contributed by atoms with van der Waals surface area (Å²) >= 11 is 0. The fraction of sp³-hybridized carbons (Fsp3) is 0.133. The van der Waals surface area contributed by atoms with E-state index in [-0.39, 0.29) is 18.1 Å². The molecule has 2 rings (SSSR count). The van der Waals surface area contributed by atoms with E-state index in [9.17, 15) is 9.59 Å². The molecule has 0 aliphatic rings. The normalized spacial score (nSPS) is 9.90. The second-order valence-corrected chi connectivity index (χ2v) is 4.44. The van der Waals surface area contributed by atoms with E-state index in [1.165, 1.54) is 17.0 Å². The highest BCUT2D eigenvalue weighted by atomic mass is 16.4. The van der Waals surface area contributed by atoms with Gasteiger partial charge in [-0.1, -0.05) is 12.1 Å². The highest BCUT2D eigenvalue weighted by molar-refractivity contribution is 5.93. The van der Waals surface area contributed by atoms with Gasteiger partial charge in [-0.2, -0.15) is 5.26 Å². The van der Waals surface area contributed by atoms with Crippen LogP contribution in [0.3, 0.4) is 0 Å². The maximum atomic E-state index is 12.1. The van der Waals surface area contributed by atoms with Crippen molar-refractivity contribution in [1.29, 1.82) is 5.26 Å². The number of hydrogen-bond acceptors (Lipinski definition) is 4. The molecule has 0 saturated heterocycles. The summed E-state index contributed by atoms with van der Waals surface area (Å²) in [5.41, 5.74) is 1.31. The molecule has 0 unspecified atom stereocenters. The van der Waals surface area contributed by atoms with Gasteiger partial charge in [-0.05, 0) is 29.8 Å². The molecule has 0 spiro atoms. The Balaban J connectivity index is 2.11. The van der Waals surface area contributed by atoms with Gasteiger partial charge in [0.25, 0.3) is 5.91 Å². The van der Waals surface area contributed by atoms with E-state index in [4.69, 9.17) is 14.8 Å². The van der Waals surface area contributed by atoms with Crippen molar-refractivity contribution in [3.63, 3.8) is 0 Å². The lowest BCUT2D eigenvalue weighted by Crippen LogP contribution is -2.25. The molecular weight excluding hydrogens is 272 g/mol. The third-order valence-corrected chi connectivity index (χ3v) is 2.85. The maximum Gasteiger partial charge on any atom is 0.371 e. The molecule has 106 valence electrons. The molecule has 1 amide bonds. The van der Waals surface area contributed by atoms with Crippen molar-refractivity contribution >= 4 is 11.9 Å². The summed E-state index contributed by atoms with van der Waals surface area (Å²) in [5.74, 6) is -1.96. The first kappa shape index (κ1) is 14.3. The van der Waals surface area contributed by atoms with Crippen LogP contribution in [0.25, 0.3) is 0 Å². The number of amides is 1. The first-order chi connectivity index (χ1) is 10.0. The molecule has 6 heteroatoms. The summed E-state index contributed by atoms with van der Waals surface area (Å²) < 4.78 is 4.97. The minimum Gasteiger partial charge on any atom is -0.475 e. The Bertz CT molecular complexity index is 727. The minimum atomic E-state index is -1.22. The van der Waals surface area contributed by atoms with Crippen molar-refractivity contribution in [3.8, 4) is 6.07 Å². The highest BCUT2D eigenvalue weighted by Crippen LogP contribution is 2.13. The van der Waals surface area contributed by atoms with E-state index in [0.29, 0.717) is 5.56 Å². The quantitative estimate of drug-likeness (QED) is 0.927. The first-order valence-corrected chi connectivity index (χ1v) is 6.09. The number of nitriles is 1. The predicted molar refractivity (Wildman–Crippen MR) is 72.6 cm³/mol. The monoisotopic (exact) mass is 284 g/mol. The third-order valence-electron chi connectivity index (χ3n) is 2.85. The molecule has 1 heterocycles. The average molecular weight is 284 g/mol. The molecule has 0 radical (unpaired) electrons. The Hall–Kier alpha value is -3.07. The van der Waals surface area contributed by atoms with E-state index in [2.05, 4.69) is 0 Å². The van der Waals surface area contributed by atoms with Crippen LogP contribution in [0.5, 0.6) is 0 Å². The van der Waals surface area contributed by atoms with E-state index < -0.39 is 11.9 Å². The van der Waals surface area contributed by atoms with Crippen LogP contribution in [0.15, 0.2) is 40.8 Å². The molecule has 1 aromatic carbocycles. The van der Waals surface area contributed by atoms with Crippen LogP contribution in [0.2, 0.25) is 0 Å². The van der Waals surface area contributed by atoms with E-state index in [1.807, 2.05) is 6.07 Å². The average Bonchev–Trinajstić information content (AvgIpc) is 2.96. The molecule has 2 aromatic rings. The van der Waals surface area contributed by atoms with Crippen molar-refractivity contribution in [2.24, 2.45) is 0 Å². The third kappa shape index (κ3) is 3.28. The largest absolute Gasteiger partial charge is 0.475 e. The number of carbonyl (C=O) groups is 2. The molecule has 21 heavy (non-hydrogen) atoms. The van der Waals surface area contributed by atoms with Crippen LogP contribution in [-0.4, -0.2) is 28.9 Å². The van der Waals surface area contributed by atoms with E-state index >= 15 is 0 Å². The first-order valence-electron chi connectivity index (χ1n) is 6.09. The number of carboxylic acid groups (broad SMARTS) is 1. The Labute approximate surface area is 120 Å². The molecule has 0 bridgehead atoms. The summed E-state index contributed by atoms with van der Waals surface area (Å²) in [6.07, 6.45) is 0. The van der Waals surface area contributed by atoms with Gasteiger partial charge in [-0.3, -0.25) is 4.79 Å². The molecule has 6 nitrogen and oxygen atoms in total. The smallest absolute Gasteiger partial charge is 0.371 e. The van der Waals surface area contributed by atoms with E-state index in [0.717, 1.165) is 5.56 Å². The second kappa shape index (κ2) is 5.92. The fourth-order valence-electron chi connectivity index (χ4n) is 1.84. The van der Waals surface area contributed by atoms with Gasteiger partial charge in [0, 0.05) is 13.6 Å². The van der Waals surface area contributed by atoms with Crippen molar-refractivity contribution in [2.75, 3.05) is 7.05 Å². The van der Waals surface area contributed by atoms with Crippen molar-refractivity contribution < 1.29 is 19.1 Å². The van der Waals surface area contributed by atoms with Crippen LogP contribution in [0.4, 0.5) is 0 Å². The van der Waals surface area contributed by atoms with Crippen molar-refractivity contribution in [1.82, 2.24) is 4.90 Å². The van der Waals surface area contributed by atoms with Crippen LogP contribution in [0.1, 0.15) is 32.2 Å². The summed E-state index contributed by atoms with van der Waals surface area (Å²) in [5, 5.41) is 17.6. The van der Waals surface area contributed by atoms with Gasteiger partial charge in [0.05, 0.1) is 11.6 Å². The second-order valence-electron chi connectivity index (χ2n) is 4.44. The summed E-state index contributed by atoms with van der Waals surface area (Å²) in [6, 6.07) is 11.5. The van der Waals surface area contributed by atoms with Gasteiger partial charge in [0.2, 0.25) is 5.76 Å². The van der Waals surface area contributed by atoms with Crippen LogP contribution < -0.4 is 0 Å². The molecule has 0 fully saturated rings. The van der Waals surface area contributed by atoms with Gasteiger partial charge in [0.15, 0.2) is 5.76 Å². The molecule has 0 aliphatic carbocycles. The number of hydrogen-bond donors (Lipinski definition) is 1. The molecule has 0 aliphatic heterocycles. The Morgan fingerprint density at radius 1 is 1.29 bits per heavy atom. The Morgan fingerprint density at radius 3 is 2.62 bits per heavy atom. The fourth-order valence-corrected chi connectivity index (χ4v) is 1.84. The number of carbonyl (C=O) groups excluding carboxylic acids is 1.